The standard InChI is InChI=1S/C13H20N2/c1-11-4-5-12(9-15-11)8-14-10-13(2)6-3-7-13/h4-5,9,14H,3,6-8,10H2,1-2H3. The first-order chi connectivity index (χ1) is 7.18. The van der Waals surface area contributed by atoms with Crippen molar-refractivity contribution in [1.82, 2.24) is 10.3 Å². The van der Waals surface area contributed by atoms with Gasteiger partial charge in [-0.1, -0.05) is 19.4 Å². The van der Waals surface area contributed by atoms with Crippen LogP contribution in [0.1, 0.15) is 37.4 Å². The Hall–Kier alpha value is -0.890. The number of rotatable bonds is 4. The van der Waals surface area contributed by atoms with Crippen LogP contribution in [0.2, 0.25) is 0 Å². The molecule has 15 heavy (non-hydrogen) atoms. The largest absolute Gasteiger partial charge is 0.312 e. The fourth-order valence-electron chi connectivity index (χ4n) is 2.07. The van der Waals surface area contributed by atoms with Gasteiger partial charge < -0.3 is 5.32 Å². The third-order valence-corrected chi connectivity index (χ3v) is 3.41. The lowest BCUT2D eigenvalue weighted by molar-refractivity contribution is 0.156. The highest BCUT2D eigenvalue weighted by atomic mass is 14.9. The molecule has 2 nitrogen and oxygen atoms in total. The molecule has 82 valence electrons. The van der Waals surface area contributed by atoms with Gasteiger partial charge in [-0.3, -0.25) is 4.98 Å². The molecule has 1 saturated carbocycles. The fraction of sp³-hybridized carbons (Fsp3) is 0.615. The molecule has 1 aromatic rings. The maximum absolute atomic E-state index is 4.29. The summed E-state index contributed by atoms with van der Waals surface area (Å²) < 4.78 is 0. The van der Waals surface area contributed by atoms with E-state index < -0.39 is 0 Å². The first kappa shape index (κ1) is 10.6. The lowest BCUT2D eigenvalue weighted by Gasteiger charge is -2.38. The molecule has 0 aliphatic heterocycles. The predicted octanol–water partition coefficient (Wildman–Crippen LogP) is 2.67. The highest BCUT2D eigenvalue weighted by molar-refractivity contribution is 5.12. The molecule has 0 saturated heterocycles. The minimum atomic E-state index is 0.568. The number of hydrogen-bond donors (Lipinski definition) is 1. The second kappa shape index (κ2) is 4.31. The van der Waals surface area contributed by atoms with Crippen molar-refractivity contribution in [2.45, 2.75) is 39.7 Å². The average molecular weight is 204 g/mol. The van der Waals surface area contributed by atoms with Gasteiger partial charge in [-0.2, -0.15) is 0 Å². The molecule has 0 bridgehead atoms. The number of aromatic nitrogens is 1. The van der Waals surface area contributed by atoms with Crippen molar-refractivity contribution in [1.29, 1.82) is 0 Å². The molecule has 1 N–H and O–H groups in total. The molecule has 1 heterocycles. The van der Waals surface area contributed by atoms with Crippen LogP contribution in [0.4, 0.5) is 0 Å². The highest BCUT2D eigenvalue weighted by Gasteiger charge is 2.30. The summed E-state index contributed by atoms with van der Waals surface area (Å²) in [6.07, 6.45) is 6.13. The number of hydrogen-bond acceptors (Lipinski definition) is 2. The minimum Gasteiger partial charge on any atom is -0.312 e. The third kappa shape index (κ3) is 2.78. The molecule has 1 fully saturated rings. The minimum absolute atomic E-state index is 0.568. The van der Waals surface area contributed by atoms with Gasteiger partial charge >= 0.3 is 0 Å². The number of nitrogens with zero attached hydrogens (tertiary/aromatic N) is 1. The number of nitrogens with one attached hydrogen (secondary N) is 1. The third-order valence-electron chi connectivity index (χ3n) is 3.41. The normalized spacial score (nSPS) is 18.5. The number of aryl methyl sites for hydroxylation is 1. The molecule has 0 aromatic carbocycles. The first-order valence-electron chi connectivity index (χ1n) is 5.80. The fourth-order valence-corrected chi connectivity index (χ4v) is 2.07. The van der Waals surface area contributed by atoms with E-state index in [2.05, 4.69) is 29.4 Å². The monoisotopic (exact) mass is 204 g/mol. The zero-order chi connectivity index (χ0) is 10.7. The van der Waals surface area contributed by atoms with Crippen LogP contribution in [0.15, 0.2) is 18.3 Å². The molecular formula is C13H20N2. The Morgan fingerprint density at radius 3 is 2.73 bits per heavy atom. The average Bonchev–Trinajstić information content (AvgIpc) is 2.19. The van der Waals surface area contributed by atoms with Gasteiger partial charge in [-0.15, -0.1) is 0 Å². The van der Waals surface area contributed by atoms with Crippen molar-refractivity contribution < 1.29 is 0 Å². The zero-order valence-corrected chi connectivity index (χ0v) is 9.71. The Bertz CT molecular complexity index is 312. The SMILES string of the molecule is Cc1ccc(CNCC2(C)CCC2)cn1. The van der Waals surface area contributed by atoms with Crippen LogP contribution in [0, 0.1) is 12.3 Å². The second-order valence-corrected chi connectivity index (χ2v) is 5.08. The van der Waals surface area contributed by atoms with Gasteiger partial charge in [0.05, 0.1) is 0 Å². The van der Waals surface area contributed by atoms with Crippen LogP contribution >= 0.6 is 0 Å². The Labute approximate surface area is 92.1 Å². The first-order valence-corrected chi connectivity index (χ1v) is 5.80. The van der Waals surface area contributed by atoms with E-state index in [1.807, 2.05) is 13.1 Å². The molecule has 1 aliphatic rings. The van der Waals surface area contributed by atoms with E-state index in [4.69, 9.17) is 0 Å². The maximum atomic E-state index is 4.29. The lowest BCUT2D eigenvalue weighted by atomic mass is 9.70. The van der Waals surface area contributed by atoms with Gasteiger partial charge in [0.25, 0.3) is 0 Å². The van der Waals surface area contributed by atoms with E-state index in [-0.39, 0.29) is 0 Å². The summed E-state index contributed by atoms with van der Waals surface area (Å²) in [7, 11) is 0. The summed E-state index contributed by atoms with van der Waals surface area (Å²) in [6, 6.07) is 4.22. The molecule has 1 aliphatic carbocycles. The van der Waals surface area contributed by atoms with Gasteiger partial charge in [0.1, 0.15) is 0 Å². The molecule has 0 radical (unpaired) electrons. The van der Waals surface area contributed by atoms with Crippen molar-refractivity contribution in [2.24, 2.45) is 5.41 Å². The Kier molecular flexibility index (Phi) is 3.06. The highest BCUT2D eigenvalue weighted by Crippen LogP contribution is 2.39. The van der Waals surface area contributed by atoms with E-state index in [1.165, 1.54) is 24.8 Å². The van der Waals surface area contributed by atoms with Gasteiger partial charge in [-0.05, 0) is 36.8 Å². The van der Waals surface area contributed by atoms with Crippen LogP contribution in [0.25, 0.3) is 0 Å². The summed E-state index contributed by atoms with van der Waals surface area (Å²) in [5.74, 6) is 0. The summed E-state index contributed by atoms with van der Waals surface area (Å²) >= 11 is 0. The van der Waals surface area contributed by atoms with E-state index in [1.54, 1.807) is 0 Å². The predicted molar refractivity (Wildman–Crippen MR) is 62.6 cm³/mol. The quantitative estimate of drug-likeness (QED) is 0.815. The van der Waals surface area contributed by atoms with Crippen LogP contribution < -0.4 is 5.32 Å². The Balaban J connectivity index is 1.76. The Morgan fingerprint density at radius 1 is 1.40 bits per heavy atom. The number of pyridine rings is 1. The van der Waals surface area contributed by atoms with E-state index in [9.17, 15) is 0 Å². The van der Waals surface area contributed by atoms with E-state index in [0.717, 1.165) is 18.8 Å². The Morgan fingerprint density at radius 2 is 2.20 bits per heavy atom. The summed E-state index contributed by atoms with van der Waals surface area (Å²) in [6.45, 7) is 6.48. The van der Waals surface area contributed by atoms with Crippen molar-refractivity contribution in [2.75, 3.05) is 6.54 Å². The van der Waals surface area contributed by atoms with Gasteiger partial charge in [0.15, 0.2) is 0 Å². The van der Waals surface area contributed by atoms with Crippen molar-refractivity contribution in [3.05, 3.63) is 29.6 Å². The van der Waals surface area contributed by atoms with Crippen molar-refractivity contribution in [3.63, 3.8) is 0 Å². The molecular weight excluding hydrogens is 184 g/mol. The smallest absolute Gasteiger partial charge is 0.0372 e. The van der Waals surface area contributed by atoms with Crippen LogP contribution in [-0.2, 0) is 6.54 Å². The van der Waals surface area contributed by atoms with Crippen LogP contribution in [0.5, 0.6) is 0 Å². The lowest BCUT2D eigenvalue weighted by Crippen LogP contribution is -2.36. The topological polar surface area (TPSA) is 24.9 Å². The summed E-state index contributed by atoms with van der Waals surface area (Å²) in [5, 5.41) is 3.52. The van der Waals surface area contributed by atoms with Crippen LogP contribution in [0.3, 0.4) is 0 Å². The molecule has 0 spiro atoms. The van der Waals surface area contributed by atoms with E-state index in [0.29, 0.717) is 5.41 Å². The van der Waals surface area contributed by atoms with Gasteiger partial charge in [0, 0.05) is 25.0 Å². The van der Waals surface area contributed by atoms with Crippen molar-refractivity contribution in [3.8, 4) is 0 Å². The summed E-state index contributed by atoms with van der Waals surface area (Å²) in [5.41, 5.74) is 2.94. The zero-order valence-electron chi connectivity index (χ0n) is 9.71. The molecule has 0 unspecified atom stereocenters. The molecule has 2 rings (SSSR count). The van der Waals surface area contributed by atoms with Crippen LogP contribution in [-0.4, -0.2) is 11.5 Å². The van der Waals surface area contributed by atoms with E-state index >= 15 is 0 Å². The molecule has 2 heteroatoms. The maximum Gasteiger partial charge on any atom is 0.0372 e. The molecule has 1 aromatic heterocycles. The molecule has 0 amide bonds. The second-order valence-electron chi connectivity index (χ2n) is 5.08. The van der Waals surface area contributed by atoms with Gasteiger partial charge in [-0.25, -0.2) is 0 Å². The van der Waals surface area contributed by atoms with Crippen molar-refractivity contribution >= 4 is 0 Å². The summed E-state index contributed by atoms with van der Waals surface area (Å²) in [4.78, 5) is 4.29. The molecule has 0 atom stereocenters. The van der Waals surface area contributed by atoms with Gasteiger partial charge in [0.2, 0.25) is 0 Å².